The molecule has 2 heterocycles. The third-order valence-electron chi connectivity index (χ3n) is 5.42. The minimum absolute atomic E-state index is 0.115. The number of benzene rings is 1. The summed E-state index contributed by atoms with van der Waals surface area (Å²) in [4.78, 5) is 14.8. The van der Waals surface area contributed by atoms with E-state index in [-0.39, 0.29) is 5.91 Å². The second kappa shape index (κ2) is 6.29. The fourth-order valence-corrected chi connectivity index (χ4v) is 3.90. The average Bonchev–Trinajstić information content (AvgIpc) is 2.55. The zero-order valence-electron chi connectivity index (χ0n) is 13.7. The van der Waals surface area contributed by atoms with Gasteiger partial charge in [0.2, 0.25) is 0 Å². The van der Waals surface area contributed by atoms with Crippen molar-refractivity contribution in [1.29, 1.82) is 0 Å². The molecule has 0 aliphatic carbocycles. The second-order valence-corrected chi connectivity index (χ2v) is 6.70. The van der Waals surface area contributed by atoms with Crippen molar-refractivity contribution in [1.82, 2.24) is 10.2 Å². The number of nitrogens with one attached hydrogen (secondary N) is 1. The number of amides is 1. The van der Waals surface area contributed by atoms with Crippen molar-refractivity contribution in [3.8, 4) is 5.75 Å². The van der Waals surface area contributed by atoms with E-state index in [1.54, 1.807) is 7.11 Å². The smallest absolute Gasteiger partial charge is 0.257 e. The van der Waals surface area contributed by atoms with Crippen LogP contribution in [0.2, 0.25) is 0 Å². The SMILES string of the molecule is COc1c(C)cccc1C(=O)N1CCC2(CCNCC2)CC1. The molecule has 1 aromatic carbocycles. The standard InChI is InChI=1S/C18H26N2O2/c1-14-4-3-5-15(16(14)22-2)17(21)20-12-8-18(9-13-20)6-10-19-11-7-18/h3-5,19H,6-13H2,1-2H3. The Morgan fingerprint density at radius 1 is 1.18 bits per heavy atom. The first-order valence-corrected chi connectivity index (χ1v) is 8.29. The Morgan fingerprint density at radius 3 is 2.50 bits per heavy atom. The molecule has 0 radical (unpaired) electrons. The number of methoxy groups -OCH3 is 1. The highest BCUT2D eigenvalue weighted by molar-refractivity contribution is 5.97. The number of ether oxygens (including phenoxy) is 1. The minimum atomic E-state index is 0.115. The lowest BCUT2D eigenvalue weighted by Crippen LogP contribution is -2.47. The summed E-state index contributed by atoms with van der Waals surface area (Å²) in [5, 5.41) is 3.44. The first-order chi connectivity index (χ1) is 10.7. The van der Waals surface area contributed by atoms with E-state index in [0.29, 0.717) is 11.0 Å². The van der Waals surface area contributed by atoms with Gasteiger partial charge in [0.25, 0.3) is 5.91 Å². The van der Waals surface area contributed by atoms with Crippen LogP contribution in [0.15, 0.2) is 18.2 Å². The lowest BCUT2D eigenvalue weighted by Gasteiger charge is -2.44. The Hall–Kier alpha value is -1.55. The van der Waals surface area contributed by atoms with Gasteiger partial charge in [-0.1, -0.05) is 12.1 Å². The molecule has 2 aliphatic rings. The van der Waals surface area contributed by atoms with Gasteiger partial charge in [0.1, 0.15) is 5.75 Å². The van der Waals surface area contributed by atoms with Crippen LogP contribution in [-0.4, -0.2) is 44.1 Å². The van der Waals surface area contributed by atoms with Gasteiger partial charge in [0.05, 0.1) is 12.7 Å². The minimum Gasteiger partial charge on any atom is -0.496 e. The van der Waals surface area contributed by atoms with Gasteiger partial charge in [-0.3, -0.25) is 4.79 Å². The van der Waals surface area contributed by atoms with Gasteiger partial charge in [-0.15, -0.1) is 0 Å². The molecule has 3 rings (SSSR count). The van der Waals surface area contributed by atoms with Crippen molar-refractivity contribution in [3.05, 3.63) is 29.3 Å². The number of hydrogen-bond donors (Lipinski definition) is 1. The number of aryl methyl sites for hydroxylation is 1. The highest BCUT2D eigenvalue weighted by atomic mass is 16.5. The molecular weight excluding hydrogens is 276 g/mol. The van der Waals surface area contributed by atoms with Crippen molar-refractivity contribution >= 4 is 5.91 Å². The lowest BCUT2D eigenvalue weighted by atomic mass is 9.71. The van der Waals surface area contributed by atoms with Gasteiger partial charge >= 0.3 is 0 Å². The maximum atomic E-state index is 12.8. The molecule has 0 unspecified atom stereocenters. The van der Waals surface area contributed by atoms with Gasteiger partial charge in [0.15, 0.2) is 0 Å². The van der Waals surface area contributed by atoms with E-state index in [1.807, 2.05) is 30.0 Å². The number of nitrogens with zero attached hydrogens (tertiary/aromatic N) is 1. The van der Waals surface area contributed by atoms with Gasteiger partial charge in [0, 0.05) is 13.1 Å². The second-order valence-electron chi connectivity index (χ2n) is 6.70. The predicted octanol–water partition coefficient (Wildman–Crippen LogP) is 2.61. The number of piperidine rings is 2. The van der Waals surface area contributed by atoms with Gasteiger partial charge in [-0.2, -0.15) is 0 Å². The number of carbonyl (C=O) groups excluding carboxylic acids is 1. The van der Waals surface area contributed by atoms with Crippen molar-refractivity contribution in [2.75, 3.05) is 33.3 Å². The molecular formula is C18H26N2O2. The van der Waals surface area contributed by atoms with E-state index in [1.165, 1.54) is 12.8 Å². The van der Waals surface area contributed by atoms with E-state index in [4.69, 9.17) is 4.74 Å². The monoisotopic (exact) mass is 302 g/mol. The molecule has 1 N–H and O–H groups in total. The van der Waals surface area contributed by atoms with Crippen LogP contribution in [0.25, 0.3) is 0 Å². The fraction of sp³-hybridized carbons (Fsp3) is 0.611. The molecule has 0 bridgehead atoms. The Morgan fingerprint density at radius 2 is 1.86 bits per heavy atom. The van der Waals surface area contributed by atoms with Gasteiger partial charge in [-0.05, 0) is 62.7 Å². The van der Waals surface area contributed by atoms with E-state index < -0.39 is 0 Å². The Bertz CT molecular complexity index is 540. The molecule has 4 heteroatoms. The van der Waals surface area contributed by atoms with Crippen LogP contribution in [0.3, 0.4) is 0 Å². The normalized spacial score (nSPS) is 20.9. The van der Waals surface area contributed by atoms with E-state index >= 15 is 0 Å². The van der Waals surface area contributed by atoms with Crippen molar-refractivity contribution in [2.24, 2.45) is 5.41 Å². The van der Waals surface area contributed by atoms with Crippen LogP contribution in [0.1, 0.15) is 41.6 Å². The van der Waals surface area contributed by atoms with Crippen LogP contribution in [0.4, 0.5) is 0 Å². The first-order valence-electron chi connectivity index (χ1n) is 8.29. The Balaban J connectivity index is 1.71. The maximum absolute atomic E-state index is 12.8. The molecule has 120 valence electrons. The van der Waals surface area contributed by atoms with Crippen LogP contribution in [0.5, 0.6) is 5.75 Å². The van der Waals surface area contributed by atoms with Crippen molar-refractivity contribution in [3.63, 3.8) is 0 Å². The number of para-hydroxylation sites is 1. The highest BCUT2D eigenvalue weighted by Crippen LogP contribution is 2.40. The maximum Gasteiger partial charge on any atom is 0.257 e. The van der Waals surface area contributed by atoms with E-state index in [2.05, 4.69) is 5.32 Å². The van der Waals surface area contributed by atoms with Crippen molar-refractivity contribution < 1.29 is 9.53 Å². The summed E-state index contributed by atoms with van der Waals surface area (Å²) in [6.45, 7) is 5.97. The fourth-order valence-electron chi connectivity index (χ4n) is 3.90. The molecule has 0 saturated carbocycles. The third-order valence-corrected chi connectivity index (χ3v) is 5.42. The molecule has 1 amide bonds. The number of rotatable bonds is 2. The summed E-state index contributed by atoms with van der Waals surface area (Å²) in [6, 6.07) is 5.79. The molecule has 4 nitrogen and oxygen atoms in total. The first kappa shape index (κ1) is 15.3. The summed E-state index contributed by atoms with van der Waals surface area (Å²) in [7, 11) is 1.64. The molecule has 2 aliphatic heterocycles. The highest BCUT2D eigenvalue weighted by Gasteiger charge is 2.37. The Kier molecular flexibility index (Phi) is 4.39. The molecule has 22 heavy (non-hydrogen) atoms. The van der Waals surface area contributed by atoms with Crippen molar-refractivity contribution in [2.45, 2.75) is 32.6 Å². The molecule has 1 spiro atoms. The number of likely N-dealkylation sites (tertiary alicyclic amines) is 1. The zero-order valence-corrected chi connectivity index (χ0v) is 13.7. The van der Waals surface area contributed by atoms with Gasteiger partial charge in [-0.25, -0.2) is 0 Å². The quantitative estimate of drug-likeness (QED) is 0.913. The van der Waals surface area contributed by atoms with Crippen LogP contribution in [-0.2, 0) is 0 Å². The molecule has 1 aromatic rings. The van der Waals surface area contributed by atoms with Crippen LogP contribution >= 0.6 is 0 Å². The molecule has 0 atom stereocenters. The zero-order chi connectivity index (χ0) is 15.6. The average molecular weight is 302 g/mol. The topological polar surface area (TPSA) is 41.6 Å². The lowest BCUT2D eigenvalue weighted by molar-refractivity contribution is 0.0493. The summed E-state index contributed by atoms with van der Waals surface area (Å²) in [5.74, 6) is 0.832. The third kappa shape index (κ3) is 2.84. The molecule has 2 fully saturated rings. The van der Waals surface area contributed by atoms with Crippen LogP contribution in [0, 0.1) is 12.3 Å². The summed E-state index contributed by atoms with van der Waals surface area (Å²) in [5.41, 5.74) is 2.18. The number of hydrogen-bond acceptors (Lipinski definition) is 3. The summed E-state index contributed by atoms with van der Waals surface area (Å²) >= 11 is 0. The predicted molar refractivity (Wildman–Crippen MR) is 87.4 cm³/mol. The molecule has 2 saturated heterocycles. The summed E-state index contributed by atoms with van der Waals surface area (Å²) < 4.78 is 5.44. The number of carbonyl (C=O) groups is 1. The van der Waals surface area contributed by atoms with Crippen LogP contribution < -0.4 is 10.1 Å². The van der Waals surface area contributed by atoms with E-state index in [9.17, 15) is 4.79 Å². The summed E-state index contributed by atoms with van der Waals surface area (Å²) in [6.07, 6.45) is 4.77. The Labute approximate surface area is 132 Å². The largest absolute Gasteiger partial charge is 0.496 e. The van der Waals surface area contributed by atoms with Gasteiger partial charge < -0.3 is 15.0 Å². The molecule has 0 aromatic heterocycles. The van der Waals surface area contributed by atoms with E-state index in [0.717, 1.165) is 50.3 Å².